The van der Waals surface area contributed by atoms with Crippen molar-refractivity contribution in [1.82, 2.24) is 5.32 Å². The Labute approximate surface area is 111 Å². The predicted molar refractivity (Wildman–Crippen MR) is 76.4 cm³/mol. The van der Waals surface area contributed by atoms with Crippen LogP contribution in [0.3, 0.4) is 0 Å². The Bertz CT molecular complexity index is 400. The van der Waals surface area contributed by atoms with E-state index in [1.54, 1.807) is 0 Å². The monoisotopic (exact) mass is 247 g/mol. The van der Waals surface area contributed by atoms with Crippen LogP contribution in [0.4, 0.5) is 0 Å². The van der Waals surface area contributed by atoms with Crippen LogP contribution in [0.5, 0.6) is 5.75 Å². The van der Waals surface area contributed by atoms with E-state index >= 15 is 0 Å². The molecule has 1 N–H and O–H groups in total. The summed E-state index contributed by atoms with van der Waals surface area (Å²) in [6, 6.07) is 6.57. The number of aryl methyl sites for hydroxylation is 1. The van der Waals surface area contributed by atoms with Crippen molar-refractivity contribution in [2.75, 3.05) is 13.1 Å². The molecule has 1 aliphatic rings. The number of benzene rings is 1. The summed E-state index contributed by atoms with van der Waals surface area (Å²) in [6.07, 6.45) is 2.59. The maximum atomic E-state index is 6.25. The highest BCUT2D eigenvalue weighted by molar-refractivity contribution is 5.41. The third-order valence-corrected chi connectivity index (χ3v) is 3.52. The zero-order chi connectivity index (χ0) is 13.2. The van der Waals surface area contributed by atoms with Crippen molar-refractivity contribution in [2.45, 2.75) is 52.1 Å². The summed E-state index contributed by atoms with van der Waals surface area (Å²) in [6.45, 7) is 11.0. The first-order valence-corrected chi connectivity index (χ1v) is 6.95. The van der Waals surface area contributed by atoms with Gasteiger partial charge in [0.25, 0.3) is 0 Å². The first-order valence-electron chi connectivity index (χ1n) is 6.95. The maximum Gasteiger partial charge on any atom is 0.123 e. The molecule has 0 atom stereocenters. The van der Waals surface area contributed by atoms with E-state index in [9.17, 15) is 0 Å². The van der Waals surface area contributed by atoms with Crippen molar-refractivity contribution in [3.63, 3.8) is 0 Å². The third-order valence-electron chi connectivity index (χ3n) is 3.52. The standard InChI is InChI=1S/C16H25NO/c1-12-5-6-14(16(2,3)4)15(11-12)18-13-7-9-17-10-8-13/h5-6,11,13,17H,7-10H2,1-4H3. The highest BCUT2D eigenvalue weighted by Gasteiger charge is 2.22. The number of hydrogen-bond acceptors (Lipinski definition) is 2. The summed E-state index contributed by atoms with van der Waals surface area (Å²) in [5, 5.41) is 3.38. The van der Waals surface area contributed by atoms with Crippen LogP contribution >= 0.6 is 0 Å². The normalized spacial score (nSPS) is 17.8. The largest absolute Gasteiger partial charge is 0.490 e. The minimum atomic E-state index is 0.135. The van der Waals surface area contributed by atoms with E-state index in [4.69, 9.17) is 4.74 Å². The molecule has 0 radical (unpaired) electrons. The van der Waals surface area contributed by atoms with Gasteiger partial charge in [-0.05, 0) is 55.5 Å². The molecule has 2 rings (SSSR count). The molecule has 0 amide bonds. The van der Waals surface area contributed by atoms with Gasteiger partial charge < -0.3 is 10.1 Å². The molecule has 18 heavy (non-hydrogen) atoms. The van der Waals surface area contributed by atoms with Crippen LogP contribution in [0.2, 0.25) is 0 Å². The molecule has 0 saturated carbocycles. The van der Waals surface area contributed by atoms with E-state index < -0.39 is 0 Å². The number of piperidine rings is 1. The molecule has 0 unspecified atom stereocenters. The molecule has 2 nitrogen and oxygen atoms in total. The van der Waals surface area contributed by atoms with Gasteiger partial charge in [0, 0.05) is 0 Å². The second-order valence-corrected chi connectivity index (χ2v) is 6.32. The Balaban J connectivity index is 2.21. The van der Waals surface area contributed by atoms with E-state index in [1.807, 2.05) is 0 Å². The second kappa shape index (κ2) is 5.31. The fourth-order valence-electron chi connectivity index (χ4n) is 2.44. The van der Waals surface area contributed by atoms with Crippen LogP contribution in [0.25, 0.3) is 0 Å². The first kappa shape index (κ1) is 13.4. The molecule has 0 aromatic heterocycles. The van der Waals surface area contributed by atoms with Crippen LogP contribution in [0, 0.1) is 6.92 Å². The van der Waals surface area contributed by atoms with Crippen molar-refractivity contribution in [3.05, 3.63) is 29.3 Å². The molecular weight excluding hydrogens is 222 g/mol. The van der Waals surface area contributed by atoms with Crippen LogP contribution < -0.4 is 10.1 Å². The van der Waals surface area contributed by atoms with Crippen LogP contribution in [0.15, 0.2) is 18.2 Å². The van der Waals surface area contributed by atoms with Gasteiger partial charge in [0.1, 0.15) is 11.9 Å². The smallest absolute Gasteiger partial charge is 0.123 e. The van der Waals surface area contributed by atoms with Gasteiger partial charge in [0.15, 0.2) is 0 Å². The summed E-state index contributed by atoms with van der Waals surface area (Å²) >= 11 is 0. The van der Waals surface area contributed by atoms with E-state index in [0.717, 1.165) is 31.7 Å². The molecule has 1 saturated heterocycles. The lowest BCUT2D eigenvalue weighted by atomic mass is 9.86. The molecule has 2 heteroatoms. The van der Waals surface area contributed by atoms with Crippen molar-refractivity contribution >= 4 is 0 Å². The van der Waals surface area contributed by atoms with Gasteiger partial charge in [-0.1, -0.05) is 32.9 Å². The molecule has 0 bridgehead atoms. The van der Waals surface area contributed by atoms with Crippen molar-refractivity contribution in [2.24, 2.45) is 0 Å². The number of nitrogens with one attached hydrogen (secondary N) is 1. The Kier molecular flexibility index (Phi) is 3.96. The summed E-state index contributed by atoms with van der Waals surface area (Å²) in [7, 11) is 0. The van der Waals surface area contributed by atoms with Crippen molar-refractivity contribution < 1.29 is 4.74 Å². The molecule has 0 spiro atoms. The first-order chi connectivity index (χ1) is 8.47. The molecule has 1 aliphatic heterocycles. The van der Waals surface area contributed by atoms with Gasteiger partial charge in [0.2, 0.25) is 0 Å². The van der Waals surface area contributed by atoms with E-state index in [1.165, 1.54) is 11.1 Å². The number of rotatable bonds is 2. The SMILES string of the molecule is Cc1ccc(C(C)(C)C)c(OC2CCNCC2)c1. The van der Waals surface area contributed by atoms with Crippen molar-refractivity contribution in [3.8, 4) is 5.75 Å². The molecular formula is C16H25NO. The van der Waals surface area contributed by atoms with E-state index in [2.05, 4.69) is 51.2 Å². The summed E-state index contributed by atoms with van der Waals surface area (Å²) in [4.78, 5) is 0. The lowest BCUT2D eigenvalue weighted by Gasteiger charge is -2.28. The lowest BCUT2D eigenvalue weighted by Crippen LogP contribution is -2.34. The molecule has 1 fully saturated rings. The lowest BCUT2D eigenvalue weighted by molar-refractivity contribution is 0.159. The quantitative estimate of drug-likeness (QED) is 0.864. The summed E-state index contributed by atoms with van der Waals surface area (Å²) in [5.74, 6) is 1.08. The van der Waals surface area contributed by atoms with Gasteiger partial charge in [-0.2, -0.15) is 0 Å². The highest BCUT2D eigenvalue weighted by Crippen LogP contribution is 2.33. The number of ether oxygens (including phenoxy) is 1. The highest BCUT2D eigenvalue weighted by atomic mass is 16.5. The van der Waals surface area contributed by atoms with Gasteiger partial charge in [-0.3, -0.25) is 0 Å². The van der Waals surface area contributed by atoms with Gasteiger partial charge in [0.05, 0.1) is 0 Å². The average Bonchev–Trinajstić information content (AvgIpc) is 2.28. The minimum absolute atomic E-state index is 0.135. The summed E-state index contributed by atoms with van der Waals surface area (Å²) in [5.41, 5.74) is 2.72. The zero-order valence-corrected chi connectivity index (χ0v) is 12.0. The van der Waals surface area contributed by atoms with Gasteiger partial charge >= 0.3 is 0 Å². The van der Waals surface area contributed by atoms with E-state index in [0.29, 0.717) is 6.10 Å². The molecule has 1 aromatic rings. The Hall–Kier alpha value is -1.02. The third kappa shape index (κ3) is 3.26. The molecule has 100 valence electrons. The Morgan fingerprint density at radius 3 is 2.44 bits per heavy atom. The fourth-order valence-corrected chi connectivity index (χ4v) is 2.44. The zero-order valence-electron chi connectivity index (χ0n) is 12.0. The molecule has 1 heterocycles. The fraction of sp³-hybridized carbons (Fsp3) is 0.625. The average molecular weight is 247 g/mol. The van der Waals surface area contributed by atoms with Crippen LogP contribution in [0.1, 0.15) is 44.7 Å². The topological polar surface area (TPSA) is 21.3 Å². The second-order valence-electron chi connectivity index (χ2n) is 6.32. The van der Waals surface area contributed by atoms with Crippen LogP contribution in [-0.4, -0.2) is 19.2 Å². The summed E-state index contributed by atoms with van der Waals surface area (Å²) < 4.78 is 6.25. The minimum Gasteiger partial charge on any atom is -0.490 e. The van der Waals surface area contributed by atoms with Crippen LogP contribution in [-0.2, 0) is 5.41 Å². The number of hydrogen-bond donors (Lipinski definition) is 1. The van der Waals surface area contributed by atoms with Gasteiger partial charge in [-0.25, -0.2) is 0 Å². The Morgan fingerprint density at radius 2 is 1.83 bits per heavy atom. The molecule has 1 aromatic carbocycles. The van der Waals surface area contributed by atoms with Gasteiger partial charge in [-0.15, -0.1) is 0 Å². The molecule has 0 aliphatic carbocycles. The maximum absolute atomic E-state index is 6.25. The van der Waals surface area contributed by atoms with E-state index in [-0.39, 0.29) is 5.41 Å². The van der Waals surface area contributed by atoms with Crippen molar-refractivity contribution in [1.29, 1.82) is 0 Å². The predicted octanol–water partition coefficient (Wildman–Crippen LogP) is 3.42. The Morgan fingerprint density at radius 1 is 1.17 bits per heavy atom.